The highest BCUT2D eigenvalue weighted by Gasteiger charge is 2.30. The summed E-state index contributed by atoms with van der Waals surface area (Å²) in [7, 11) is -3.39. The number of rotatable bonds is 5. The zero-order chi connectivity index (χ0) is 20.3. The lowest BCUT2D eigenvalue weighted by Gasteiger charge is -2.13. The molecule has 0 atom stereocenters. The molecule has 0 bridgehead atoms. The molecule has 0 saturated heterocycles. The molecule has 6 nitrogen and oxygen atoms in total. The highest BCUT2D eigenvalue weighted by atomic mass is 32.2. The van der Waals surface area contributed by atoms with E-state index in [-0.39, 0.29) is 22.0 Å². The molecule has 0 heterocycles. The summed E-state index contributed by atoms with van der Waals surface area (Å²) in [6.45, 7) is 3.24. The Morgan fingerprint density at radius 1 is 1.00 bits per heavy atom. The molecule has 1 aliphatic carbocycles. The second-order valence-electron chi connectivity index (χ2n) is 7.14. The minimum atomic E-state index is -3.39. The molecule has 0 unspecified atom stereocenters. The Labute approximate surface area is 165 Å². The van der Waals surface area contributed by atoms with Gasteiger partial charge < -0.3 is 10.6 Å². The summed E-state index contributed by atoms with van der Waals surface area (Å²) < 4.78 is 25.5. The second-order valence-corrected chi connectivity index (χ2v) is 9.37. The van der Waals surface area contributed by atoms with Crippen molar-refractivity contribution < 1.29 is 18.0 Å². The van der Waals surface area contributed by atoms with Crippen LogP contribution in [0.25, 0.3) is 0 Å². The van der Waals surface area contributed by atoms with Crippen molar-refractivity contribution in [1.82, 2.24) is 0 Å². The first-order valence-electron chi connectivity index (χ1n) is 9.31. The van der Waals surface area contributed by atoms with Gasteiger partial charge in [0.05, 0.1) is 10.1 Å². The summed E-state index contributed by atoms with van der Waals surface area (Å²) in [6, 6.07) is 11.4. The molecule has 2 aromatic carbocycles. The molecule has 2 N–H and O–H groups in total. The van der Waals surface area contributed by atoms with Gasteiger partial charge in [-0.25, -0.2) is 8.42 Å². The average Bonchev–Trinajstić information content (AvgIpc) is 3.19. The van der Waals surface area contributed by atoms with Crippen molar-refractivity contribution in [2.75, 3.05) is 10.6 Å². The SMILES string of the molecule is CC(=O)Nc1cc(C(=O)Nc2cccc(S(=O)(=O)C3CCCC3)c2)ccc1C. The molecule has 28 heavy (non-hydrogen) atoms. The van der Waals surface area contributed by atoms with Crippen molar-refractivity contribution in [2.45, 2.75) is 49.7 Å². The van der Waals surface area contributed by atoms with Crippen LogP contribution in [-0.2, 0) is 14.6 Å². The van der Waals surface area contributed by atoms with Crippen LogP contribution in [0.3, 0.4) is 0 Å². The van der Waals surface area contributed by atoms with E-state index in [1.807, 2.05) is 6.92 Å². The van der Waals surface area contributed by atoms with E-state index in [0.717, 1.165) is 18.4 Å². The van der Waals surface area contributed by atoms with Gasteiger partial charge in [0.25, 0.3) is 5.91 Å². The Balaban J connectivity index is 1.81. The molecule has 0 aliphatic heterocycles. The van der Waals surface area contributed by atoms with Crippen LogP contribution in [0.15, 0.2) is 47.4 Å². The van der Waals surface area contributed by atoms with E-state index < -0.39 is 9.84 Å². The van der Waals surface area contributed by atoms with E-state index in [2.05, 4.69) is 10.6 Å². The number of anilines is 2. The summed E-state index contributed by atoms with van der Waals surface area (Å²) in [5, 5.41) is 5.10. The third kappa shape index (κ3) is 4.42. The summed E-state index contributed by atoms with van der Waals surface area (Å²) in [5.74, 6) is -0.590. The summed E-state index contributed by atoms with van der Waals surface area (Å²) >= 11 is 0. The van der Waals surface area contributed by atoms with Gasteiger partial charge in [-0.3, -0.25) is 9.59 Å². The molecule has 0 aromatic heterocycles. The number of hydrogen-bond acceptors (Lipinski definition) is 4. The van der Waals surface area contributed by atoms with Gasteiger partial charge in [0, 0.05) is 23.9 Å². The minimum Gasteiger partial charge on any atom is -0.326 e. The molecule has 1 aliphatic rings. The first-order valence-corrected chi connectivity index (χ1v) is 10.9. The Bertz CT molecular complexity index is 1010. The smallest absolute Gasteiger partial charge is 0.255 e. The highest BCUT2D eigenvalue weighted by Crippen LogP contribution is 2.30. The van der Waals surface area contributed by atoms with Gasteiger partial charge in [-0.1, -0.05) is 25.0 Å². The molecule has 148 valence electrons. The largest absolute Gasteiger partial charge is 0.326 e. The van der Waals surface area contributed by atoms with Crippen molar-refractivity contribution >= 4 is 33.0 Å². The van der Waals surface area contributed by atoms with Crippen molar-refractivity contribution in [3.63, 3.8) is 0 Å². The fourth-order valence-electron chi connectivity index (χ4n) is 3.43. The number of benzene rings is 2. The Hall–Kier alpha value is -2.67. The van der Waals surface area contributed by atoms with Gasteiger partial charge in [0.2, 0.25) is 5.91 Å². The van der Waals surface area contributed by atoms with E-state index in [0.29, 0.717) is 29.8 Å². The van der Waals surface area contributed by atoms with Gasteiger partial charge >= 0.3 is 0 Å². The first kappa shape index (κ1) is 20.1. The van der Waals surface area contributed by atoms with E-state index in [1.54, 1.807) is 36.4 Å². The van der Waals surface area contributed by atoms with Gasteiger partial charge in [0.1, 0.15) is 0 Å². The third-order valence-electron chi connectivity index (χ3n) is 4.97. The maximum Gasteiger partial charge on any atom is 0.255 e. The quantitative estimate of drug-likeness (QED) is 0.796. The van der Waals surface area contributed by atoms with Gasteiger partial charge in [-0.05, 0) is 55.7 Å². The van der Waals surface area contributed by atoms with E-state index >= 15 is 0 Å². The number of hydrogen-bond donors (Lipinski definition) is 2. The molecule has 1 saturated carbocycles. The second kappa shape index (κ2) is 8.14. The third-order valence-corrected chi connectivity index (χ3v) is 7.23. The standard InChI is InChI=1S/C21H24N2O4S/c1-14-10-11-16(12-20(14)22-15(2)24)21(25)23-17-6-5-9-19(13-17)28(26,27)18-7-3-4-8-18/h5-6,9-13,18H,3-4,7-8H2,1-2H3,(H,22,24)(H,23,25). The Kier molecular flexibility index (Phi) is 5.84. The molecule has 7 heteroatoms. The molecule has 0 spiro atoms. The van der Waals surface area contributed by atoms with E-state index in [1.165, 1.54) is 13.0 Å². The predicted octanol–water partition coefficient (Wildman–Crippen LogP) is 3.92. The van der Waals surface area contributed by atoms with Crippen LogP contribution < -0.4 is 10.6 Å². The number of amides is 2. The van der Waals surface area contributed by atoms with Crippen LogP contribution in [0.4, 0.5) is 11.4 Å². The molecule has 1 fully saturated rings. The highest BCUT2D eigenvalue weighted by molar-refractivity contribution is 7.92. The van der Waals surface area contributed by atoms with Crippen LogP contribution in [0, 0.1) is 6.92 Å². The number of carbonyl (C=O) groups excluding carboxylic acids is 2. The lowest BCUT2D eigenvalue weighted by Crippen LogP contribution is -2.18. The number of sulfone groups is 1. The fraction of sp³-hybridized carbons (Fsp3) is 0.333. The van der Waals surface area contributed by atoms with Crippen LogP contribution in [0.2, 0.25) is 0 Å². The summed E-state index contributed by atoms with van der Waals surface area (Å²) in [5.41, 5.74) is 2.21. The molecule has 2 aromatic rings. The van der Waals surface area contributed by atoms with Crippen molar-refractivity contribution in [3.8, 4) is 0 Å². The maximum atomic E-state index is 12.8. The molecular formula is C21H24N2O4S. The first-order chi connectivity index (χ1) is 13.3. The van der Waals surface area contributed by atoms with Crippen molar-refractivity contribution in [1.29, 1.82) is 0 Å². The molecular weight excluding hydrogens is 376 g/mol. The average molecular weight is 401 g/mol. The summed E-state index contributed by atoms with van der Waals surface area (Å²) in [4.78, 5) is 24.2. The van der Waals surface area contributed by atoms with E-state index in [9.17, 15) is 18.0 Å². The number of aryl methyl sites for hydroxylation is 1. The summed E-state index contributed by atoms with van der Waals surface area (Å²) in [6.07, 6.45) is 3.25. The normalized spacial score (nSPS) is 14.6. The lowest BCUT2D eigenvalue weighted by atomic mass is 10.1. The number of nitrogens with one attached hydrogen (secondary N) is 2. The topological polar surface area (TPSA) is 92.3 Å². The molecule has 0 radical (unpaired) electrons. The fourth-order valence-corrected chi connectivity index (χ4v) is 5.33. The van der Waals surface area contributed by atoms with Crippen LogP contribution >= 0.6 is 0 Å². The Morgan fingerprint density at radius 3 is 2.39 bits per heavy atom. The van der Waals surface area contributed by atoms with Crippen molar-refractivity contribution in [2.24, 2.45) is 0 Å². The maximum absolute atomic E-state index is 12.8. The van der Waals surface area contributed by atoms with Gasteiger partial charge in [0.15, 0.2) is 9.84 Å². The minimum absolute atomic E-state index is 0.217. The zero-order valence-corrected chi connectivity index (χ0v) is 16.8. The van der Waals surface area contributed by atoms with Crippen LogP contribution in [0.1, 0.15) is 48.5 Å². The molecule has 2 amide bonds. The lowest BCUT2D eigenvalue weighted by molar-refractivity contribution is -0.114. The molecule has 3 rings (SSSR count). The number of carbonyl (C=O) groups is 2. The van der Waals surface area contributed by atoms with E-state index in [4.69, 9.17) is 0 Å². The monoisotopic (exact) mass is 400 g/mol. The predicted molar refractivity (Wildman–Crippen MR) is 109 cm³/mol. The van der Waals surface area contributed by atoms with Crippen LogP contribution in [0.5, 0.6) is 0 Å². The zero-order valence-electron chi connectivity index (χ0n) is 16.0. The van der Waals surface area contributed by atoms with Crippen molar-refractivity contribution in [3.05, 3.63) is 53.6 Å². The Morgan fingerprint density at radius 2 is 1.71 bits per heavy atom. The van der Waals surface area contributed by atoms with Gasteiger partial charge in [-0.2, -0.15) is 0 Å². The van der Waals surface area contributed by atoms with Crippen LogP contribution in [-0.4, -0.2) is 25.5 Å². The van der Waals surface area contributed by atoms with Gasteiger partial charge in [-0.15, -0.1) is 0 Å².